The summed E-state index contributed by atoms with van der Waals surface area (Å²) < 4.78 is 0. The molecule has 0 aromatic heterocycles. The third-order valence-corrected chi connectivity index (χ3v) is 6.10. The Bertz CT molecular complexity index is 1130. The lowest BCUT2D eigenvalue weighted by molar-refractivity contribution is -0.141. The summed E-state index contributed by atoms with van der Waals surface area (Å²) >= 11 is 12.8. The van der Waals surface area contributed by atoms with Crippen molar-refractivity contribution in [3.05, 3.63) is 106 Å². The molecule has 2 amide bonds. The average molecular weight is 497 g/mol. The fourth-order valence-corrected chi connectivity index (χ4v) is 4.12. The van der Waals surface area contributed by atoms with Gasteiger partial charge in [-0.1, -0.05) is 89.9 Å². The lowest BCUT2D eigenvalue weighted by atomic mass is 10.00. The van der Waals surface area contributed by atoms with E-state index in [1.54, 1.807) is 17.0 Å². The fourth-order valence-electron chi connectivity index (χ4n) is 3.72. The van der Waals surface area contributed by atoms with E-state index in [0.29, 0.717) is 22.0 Å². The molecule has 178 valence electrons. The first-order valence-electron chi connectivity index (χ1n) is 11.3. The molecule has 0 unspecified atom stereocenters. The maximum absolute atomic E-state index is 13.7. The zero-order valence-electron chi connectivity index (χ0n) is 19.7. The first-order chi connectivity index (χ1) is 16.1. The topological polar surface area (TPSA) is 49.4 Å². The third kappa shape index (κ3) is 7.34. The number of nitrogens with one attached hydrogen (secondary N) is 1. The number of nitrogens with zero attached hydrogens (tertiary/aromatic N) is 1. The number of carbonyl (C=O) groups is 2. The van der Waals surface area contributed by atoms with E-state index in [-0.39, 0.29) is 24.8 Å². The van der Waals surface area contributed by atoms with Crippen LogP contribution in [0.4, 0.5) is 0 Å². The monoisotopic (exact) mass is 496 g/mol. The molecule has 1 atom stereocenters. The molecule has 3 aromatic rings. The Hall–Kier alpha value is -2.82. The molecule has 0 radical (unpaired) electrons. The van der Waals surface area contributed by atoms with Gasteiger partial charge in [0.1, 0.15) is 6.04 Å². The lowest BCUT2D eigenvalue weighted by Gasteiger charge is -2.34. The predicted molar refractivity (Wildman–Crippen MR) is 139 cm³/mol. The molecule has 1 N–H and O–H groups in total. The zero-order chi connectivity index (χ0) is 24.7. The van der Waals surface area contributed by atoms with Gasteiger partial charge < -0.3 is 10.2 Å². The molecule has 4 nitrogen and oxygen atoms in total. The van der Waals surface area contributed by atoms with Crippen LogP contribution in [0.1, 0.15) is 37.5 Å². The molecular weight excluding hydrogens is 467 g/mol. The highest BCUT2D eigenvalue weighted by Gasteiger charge is 2.32. The molecular formula is C28H30Cl2N2O2. The van der Waals surface area contributed by atoms with Crippen molar-refractivity contribution in [2.24, 2.45) is 0 Å². The smallest absolute Gasteiger partial charge is 0.243 e. The molecule has 0 aliphatic carbocycles. The van der Waals surface area contributed by atoms with Gasteiger partial charge in [0.2, 0.25) is 11.8 Å². The standard InChI is InChI=1S/C28H30Cl2N2O2/c1-28(2,3)31-27(34)25(17-20-11-5-4-6-12-20)32(19-22-14-8-10-16-24(22)30)26(33)18-21-13-7-9-15-23(21)29/h4-16,25H,17-19H2,1-3H3,(H,31,34)/t25-/m1/s1. The first-order valence-corrected chi connectivity index (χ1v) is 12.0. The molecule has 0 spiro atoms. The van der Waals surface area contributed by atoms with Crippen molar-refractivity contribution < 1.29 is 9.59 Å². The van der Waals surface area contributed by atoms with E-state index >= 15 is 0 Å². The molecule has 34 heavy (non-hydrogen) atoms. The van der Waals surface area contributed by atoms with Crippen LogP contribution in [0.3, 0.4) is 0 Å². The highest BCUT2D eigenvalue weighted by molar-refractivity contribution is 6.31. The van der Waals surface area contributed by atoms with E-state index in [0.717, 1.165) is 11.1 Å². The summed E-state index contributed by atoms with van der Waals surface area (Å²) in [5, 5.41) is 4.13. The summed E-state index contributed by atoms with van der Waals surface area (Å²) in [6.45, 7) is 5.98. The average Bonchev–Trinajstić information content (AvgIpc) is 2.78. The number of benzene rings is 3. The number of rotatable bonds is 8. The molecule has 0 saturated carbocycles. The maximum Gasteiger partial charge on any atom is 0.243 e. The minimum absolute atomic E-state index is 0.0816. The van der Waals surface area contributed by atoms with Crippen LogP contribution >= 0.6 is 23.2 Å². The van der Waals surface area contributed by atoms with Crippen molar-refractivity contribution in [2.75, 3.05) is 0 Å². The van der Waals surface area contributed by atoms with Crippen LogP contribution in [-0.2, 0) is 29.0 Å². The molecule has 0 saturated heterocycles. The van der Waals surface area contributed by atoms with Crippen molar-refractivity contribution in [1.82, 2.24) is 10.2 Å². The van der Waals surface area contributed by atoms with Crippen LogP contribution in [0.25, 0.3) is 0 Å². The predicted octanol–water partition coefficient (Wildman–Crippen LogP) is 6.09. The summed E-state index contributed by atoms with van der Waals surface area (Å²) in [6.07, 6.45) is 0.458. The highest BCUT2D eigenvalue weighted by atomic mass is 35.5. The minimum atomic E-state index is -0.729. The molecule has 0 bridgehead atoms. The Kier molecular flexibility index (Phi) is 8.76. The molecule has 0 fully saturated rings. The number of halogens is 2. The SMILES string of the molecule is CC(C)(C)NC(=O)[C@@H](Cc1ccccc1)N(Cc1ccccc1Cl)C(=O)Cc1ccccc1Cl. The van der Waals surface area contributed by atoms with Crippen LogP contribution in [0.5, 0.6) is 0 Å². The van der Waals surface area contributed by atoms with Gasteiger partial charge in [-0.15, -0.1) is 0 Å². The van der Waals surface area contributed by atoms with Gasteiger partial charge in [0.15, 0.2) is 0 Å². The maximum atomic E-state index is 13.7. The van der Waals surface area contributed by atoms with Crippen LogP contribution in [-0.4, -0.2) is 28.3 Å². The van der Waals surface area contributed by atoms with Gasteiger partial charge in [0.25, 0.3) is 0 Å². The van der Waals surface area contributed by atoms with E-state index in [9.17, 15) is 9.59 Å². The Morgan fingerprint density at radius 2 is 1.35 bits per heavy atom. The van der Waals surface area contributed by atoms with E-state index < -0.39 is 11.6 Å². The third-order valence-electron chi connectivity index (χ3n) is 5.37. The van der Waals surface area contributed by atoms with Crippen LogP contribution in [0.15, 0.2) is 78.9 Å². The van der Waals surface area contributed by atoms with Crippen molar-refractivity contribution in [2.45, 2.75) is 51.7 Å². The van der Waals surface area contributed by atoms with Crippen molar-refractivity contribution in [3.8, 4) is 0 Å². The molecule has 3 rings (SSSR count). The molecule has 6 heteroatoms. The number of carbonyl (C=O) groups excluding carboxylic acids is 2. The van der Waals surface area contributed by atoms with Crippen molar-refractivity contribution in [1.29, 1.82) is 0 Å². The highest BCUT2D eigenvalue weighted by Crippen LogP contribution is 2.23. The number of hydrogen-bond acceptors (Lipinski definition) is 2. The zero-order valence-corrected chi connectivity index (χ0v) is 21.2. The quantitative estimate of drug-likeness (QED) is 0.410. The number of amides is 2. The van der Waals surface area contributed by atoms with E-state index in [4.69, 9.17) is 23.2 Å². The fraction of sp³-hybridized carbons (Fsp3) is 0.286. The van der Waals surface area contributed by atoms with E-state index in [1.165, 1.54) is 0 Å². The molecule has 0 aliphatic heterocycles. The lowest BCUT2D eigenvalue weighted by Crippen LogP contribution is -2.54. The largest absolute Gasteiger partial charge is 0.350 e. The molecule has 3 aromatic carbocycles. The van der Waals surface area contributed by atoms with Gasteiger partial charge >= 0.3 is 0 Å². The van der Waals surface area contributed by atoms with E-state index in [1.807, 2.05) is 87.5 Å². The van der Waals surface area contributed by atoms with Gasteiger partial charge in [-0.3, -0.25) is 9.59 Å². The van der Waals surface area contributed by atoms with Crippen molar-refractivity contribution >= 4 is 35.0 Å². The second-order valence-corrected chi connectivity index (χ2v) is 10.1. The van der Waals surface area contributed by atoms with Gasteiger partial charge in [0.05, 0.1) is 6.42 Å². The van der Waals surface area contributed by atoms with Gasteiger partial charge in [-0.05, 0) is 49.6 Å². The van der Waals surface area contributed by atoms with Gasteiger partial charge in [-0.25, -0.2) is 0 Å². The van der Waals surface area contributed by atoms with Gasteiger partial charge in [0, 0.05) is 28.5 Å². The molecule has 0 aliphatic rings. The Balaban J connectivity index is 2.01. The van der Waals surface area contributed by atoms with Gasteiger partial charge in [-0.2, -0.15) is 0 Å². The Labute approximate surface area is 211 Å². The Morgan fingerprint density at radius 1 is 0.824 bits per heavy atom. The van der Waals surface area contributed by atoms with Crippen LogP contribution in [0, 0.1) is 0 Å². The normalized spacial score (nSPS) is 12.1. The second kappa shape index (κ2) is 11.5. The summed E-state index contributed by atoms with van der Waals surface area (Å²) in [5.74, 6) is -0.408. The minimum Gasteiger partial charge on any atom is -0.350 e. The Morgan fingerprint density at radius 3 is 1.91 bits per heavy atom. The summed E-state index contributed by atoms with van der Waals surface area (Å²) in [6, 6.07) is 23.6. The summed E-state index contributed by atoms with van der Waals surface area (Å²) in [7, 11) is 0. The molecule has 0 heterocycles. The summed E-state index contributed by atoms with van der Waals surface area (Å²) in [5.41, 5.74) is 2.01. The number of hydrogen-bond donors (Lipinski definition) is 1. The second-order valence-electron chi connectivity index (χ2n) is 9.33. The summed E-state index contributed by atoms with van der Waals surface area (Å²) in [4.78, 5) is 28.9. The van der Waals surface area contributed by atoms with Crippen LogP contribution in [0.2, 0.25) is 10.0 Å². The van der Waals surface area contributed by atoms with Crippen LogP contribution < -0.4 is 5.32 Å². The first kappa shape index (κ1) is 25.8. The van der Waals surface area contributed by atoms with Crippen molar-refractivity contribution in [3.63, 3.8) is 0 Å². The van der Waals surface area contributed by atoms with E-state index in [2.05, 4.69) is 5.32 Å².